The lowest BCUT2D eigenvalue weighted by molar-refractivity contribution is -0.274. The highest BCUT2D eigenvalue weighted by Gasteiger charge is 2.31. The van der Waals surface area contributed by atoms with Gasteiger partial charge in [-0.1, -0.05) is 63.2 Å². The van der Waals surface area contributed by atoms with E-state index in [0.717, 1.165) is 11.1 Å². The van der Waals surface area contributed by atoms with E-state index in [1.165, 1.54) is 43.0 Å². The molecular weight excluding hydrogens is 457 g/mol. The topological polar surface area (TPSA) is 44.8 Å². The van der Waals surface area contributed by atoms with Crippen LogP contribution < -0.4 is 9.47 Å². The van der Waals surface area contributed by atoms with Gasteiger partial charge in [-0.05, 0) is 58.0 Å². The molecule has 4 nitrogen and oxygen atoms in total. The van der Waals surface area contributed by atoms with E-state index < -0.39 is 12.3 Å². The molecule has 3 rings (SSSR count). The number of benzene rings is 3. The third-order valence-electron chi connectivity index (χ3n) is 5.25. The van der Waals surface area contributed by atoms with Crippen LogP contribution >= 0.6 is 0 Å². The quantitative estimate of drug-likeness (QED) is 0.260. The van der Waals surface area contributed by atoms with Gasteiger partial charge in [-0.3, -0.25) is 0 Å². The van der Waals surface area contributed by atoms with Gasteiger partial charge in [-0.15, -0.1) is 13.2 Å². The number of alkyl halides is 3. The SMILES string of the molecule is COC(=O)C=Cc1cc(-c2ccc(OC(F)(F)F)cc2)ccc1OCc1ccc(C(C)(C)C)cc1. The van der Waals surface area contributed by atoms with E-state index in [1.54, 1.807) is 24.3 Å². The van der Waals surface area contributed by atoms with E-state index >= 15 is 0 Å². The molecule has 0 aromatic heterocycles. The summed E-state index contributed by atoms with van der Waals surface area (Å²) in [5.74, 6) is -0.275. The van der Waals surface area contributed by atoms with Crippen molar-refractivity contribution in [3.8, 4) is 22.6 Å². The Kier molecular flexibility index (Phi) is 7.89. The summed E-state index contributed by atoms with van der Waals surface area (Å²) < 4.78 is 51.9. The Hall–Kier alpha value is -3.74. The summed E-state index contributed by atoms with van der Waals surface area (Å²) in [7, 11) is 1.28. The monoisotopic (exact) mass is 484 g/mol. The highest BCUT2D eigenvalue weighted by molar-refractivity contribution is 5.88. The predicted octanol–water partition coefficient (Wildman–Crippen LogP) is 7.31. The second-order valence-corrected chi connectivity index (χ2v) is 8.92. The average molecular weight is 485 g/mol. The molecule has 0 saturated heterocycles. The molecule has 7 heteroatoms. The van der Waals surface area contributed by atoms with E-state index in [1.807, 2.05) is 12.1 Å². The van der Waals surface area contributed by atoms with Crippen LogP contribution in [0.3, 0.4) is 0 Å². The summed E-state index contributed by atoms with van der Waals surface area (Å²) >= 11 is 0. The molecule has 0 saturated carbocycles. The zero-order valence-corrected chi connectivity index (χ0v) is 20.0. The second kappa shape index (κ2) is 10.7. The minimum absolute atomic E-state index is 0.0537. The van der Waals surface area contributed by atoms with Gasteiger partial charge in [0, 0.05) is 11.6 Å². The third kappa shape index (κ3) is 7.64. The summed E-state index contributed by atoms with van der Waals surface area (Å²) in [6, 6.07) is 19.1. The fraction of sp³-hybridized carbons (Fsp3) is 0.250. The van der Waals surface area contributed by atoms with Crippen molar-refractivity contribution in [2.75, 3.05) is 7.11 Å². The van der Waals surface area contributed by atoms with Crippen LogP contribution in [0, 0.1) is 0 Å². The van der Waals surface area contributed by atoms with Crippen molar-refractivity contribution in [1.29, 1.82) is 0 Å². The maximum absolute atomic E-state index is 12.4. The minimum Gasteiger partial charge on any atom is -0.488 e. The van der Waals surface area contributed by atoms with Crippen molar-refractivity contribution in [2.45, 2.75) is 39.2 Å². The van der Waals surface area contributed by atoms with Gasteiger partial charge in [-0.25, -0.2) is 4.79 Å². The number of carbonyl (C=O) groups excluding carboxylic acids is 1. The molecule has 35 heavy (non-hydrogen) atoms. The third-order valence-corrected chi connectivity index (χ3v) is 5.25. The summed E-state index contributed by atoms with van der Waals surface area (Å²) in [5.41, 5.74) is 4.29. The summed E-state index contributed by atoms with van der Waals surface area (Å²) in [6.07, 6.45) is -1.89. The number of carbonyl (C=O) groups is 1. The van der Waals surface area contributed by atoms with Gasteiger partial charge in [0.15, 0.2) is 0 Å². The first-order valence-corrected chi connectivity index (χ1v) is 10.9. The van der Waals surface area contributed by atoms with Gasteiger partial charge in [0.2, 0.25) is 0 Å². The van der Waals surface area contributed by atoms with Gasteiger partial charge < -0.3 is 14.2 Å². The molecule has 0 unspecified atom stereocenters. The number of halogens is 3. The molecule has 0 bridgehead atoms. The van der Waals surface area contributed by atoms with Gasteiger partial charge in [0.05, 0.1) is 7.11 Å². The first-order chi connectivity index (χ1) is 16.4. The van der Waals surface area contributed by atoms with Crippen molar-refractivity contribution in [3.63, 3.8) is 0 Å². The Morgan fingerprint density at radius 2 is 1.51 bits per heavy atom. The van der Waals surface area contributed by atoms with Crippen LogP contribution in [0.15, 0.2) is 72.8 Å². The van der Waals surface area contributed by atoms with Crippen molar-refractivity contribution >= 4 is 12.0 Å². The number of methoxy groups -OCH3 is 1. The maximum atomic E-state index is 12.4. The summed E-state index contributed by atoms with van der Waals surface area (Å²) in [4.78, 5) is 11.6. The number of ether oxygens (including phenoxy) is 3. The molecule has 0 heterocycles. The lowest BCUT2D eigenvalue weighted by Crippen LogP contribution is -2.16. The van der Waals surface area contributed by atoms with E-state index in [0.29, 0.717) is 23.5 Å². The zero-order chi connectivity index (χ0) is 25.6. The Bertz CT molecular complexity index is 1170. The molecule has 0 fully saturated rings. The molecule has 0 aliphatic rings. The van der Waals surface area contributed by atoms with Gasteiger partial charge >= 0.3 is 12.3 Å². The molecule has 184 valence electrons. The number of esters is 1. The first-order valence-electron chi connectivity index (χ1n) is 10.9. The maximum Gasteiger partial charge on any atom is 0.573 e. The molecule has 0 atom stereocenters. The van der Waals surface area contributed by atoms with Crippen molar-refractivity contribution in [2.24, 2.45) is 0 Å². The van der Waals surface area contributed by atoms with Crippen molar-refractivity contribution < 1.29 is 32.2 Å². The van der Waals surface area contributed by atoms with Crippen LogP contribution in [0.2, 0.25) is 0 Å². The Labute approximate surface area is 203 Å². The molecule has 0 aliphatic heterocycles. The first kappa shape index (κ1) is 25.9. The zero-order valence-electron chi connectivity index (χ0n) is 20.0. The van der Waals surface area contributed by atoms with E-state index in [-0.39, 0.29) is 11.2 Å². The van der Waals surface area contributed by atoms with E-state index in [9.17, 15) is 18.0 Å². The molecular formula is C28H27F3O4. The highest BCUT2D eigenvalue weighted by Crippen LogP contribution is 2.31. The Morgan fingerprint density at radius 3 is 2.09 bits per heavy atom. The van der Waals surface area contributed by atoms with E-state index in [4.69, 9.17) is 4.74 Å². The molecule has 0 aliphatic carbocycles. The molecule has 0 amide bonds. The minimum atomic E-state index is -4.75. The van der Waals surface area contributed by atoms with Crippen LogP contribution in [0.1, 0.15) is 37.5 Å². The Balaban J connectivity index is 1.83. The number of hydrogen-bond acceptors (Lipinski definition) is 4. The Morgan fingerprint density at radius 1 is 0.886 bits per heavy atom. The fourth-order valence-corrected chi connectivity index (χ4v) is 3.33. The lowest BCUT2D eigenvalue weighted by Gasteiger charge is -2.19. The van der Waals surface area contributed by atoms with Crippen LogP contribution in [0.25, 0.3) is 17.2 Å². The van der Waals surface area contributed by atoms with Gasteiger partial charge in [-0.2, -0.15) is 0 Å². The molecule has 0 N–H and O–H groups in total. The molecule has 0 radical (unpaired) electrons. The predicted molar refractivity (Wildman–Crippen MR) is 129 cm³/mol. The smallest absolute Gasteiger partial charge is 0.488 e. The van der Waals surface area contributed by atoms with Gasteiger partial charge in [0.25, 0.3) is 0 Å². The largest absolute Gasteiger partial charge is 0.573 e. The lowest BCUT2D eigenvalue weighted by atomic mass is 9.87. The van der Waals surface area contributed by atoms with E-state index in [2.05, 4.69) is 42.4 Å². The number of rotatable bonds is 7. The van der Waals surface area contributed by atoms with Gasteiger partial charge in [0.1, 0.15) is 18.1 Å². The summed E-state index contributed by atoms with van der Waals surface area (Å²) in [5, 5.41) is 0. The number of hydrogen-bond donors (Lipinski definition) is 0. The normalized spacial score (nSPS) is 12.0. The standard InChI is InChI=1S/C28H27F3O4/c1-27(2,3)23-11-5-19(6-12-23)18-34-25-15-9-21(17-22(25)10-16-26(32)33-4)20-7-13-24(14-8-20)35-28(29,30)31/h5-17H,18H2,1-4H3. The van der Waals surface area contributed by atoms with Crippen LogP contribution in [-0.2, 0) is 21.6 Å². The highest BCUT2D eigenvalue weighted by atomic mass is 19.4. The van der Waals surface area contributed by atoms with Crippen molar-refractivity contribution in [3.05, 3.63) is 89.5 Å². The second-order valence-electron chi connectivity index (χ2n) is 8.92. The molecule has 3 aromatic carbocycles. The fourth-order valence-electron chi connectivity index (χ4n) is 3.33. The van der Waals surface area contributed by atoms with Crippen LogP contribution in [-0.4, -0.2) is 19.4 Å². The molecule has 3 aromatic rings. The van der Waals surface area contributed by atoms with Crippen molar-refractivity contribution in [1.82, 2.24) is 0 Å². The average Bonchev–Trinajstić information content (AvgIpc) is 2.80. The van der Waals surface area contributed by atoms with Crippen LogP contribution in [0.5, 0.6) is 11.5 Å². The molecule has 0 spiro atoms. The summed E-state index contributed by atoms with van der Waals surface area (Å²) in [6.45, 7) is 6.77. The van der Waals surface area contributed by atoms with Crippen LogP contribution in [0.4, 0.5) is 13.2 Å².